The van der Waals surface area contributed by atoms with Crippen LogP contribution in [0.4, 0.5) is 0 Å². The molecule has 2 N–H and O–H groups in total. The van der Waals surface area contributed by atoms with Crippen molar-refractivity contribution in [2.45, 2.75) is 57.7 Å². The predicted molar refractivity (Wildman–Crippen MR) is 76.8 cm³/mol. The van der Waals surface area contributed by atoms with E-state index in [1.165, 1.54) is 12.8 Å². The van der Waals surface area contributed by atoms with Crippen LogP contribution in [0.1, 0.15) is 44.3 Å². The van der Waals surface area contributed by atoms with Crippen molar-refractivity contribution in [2.24, 2.45) is 11.7 Å². The smallest absolute Gasteiger partial charge is 0.223 e. The van der Waals surface area contributed by atoms with Gasteiger partial charge in [0.25, 0.3) is 0 Å². The fourth-order valence-electron chi connectivity index (χ4n) is 3.47. The van der Waals surface area contributed by atoms with Gasteiger partial charge < -0.3 is 15.2 Å². The van der Waals surface area contributed by atoms with E-state index in [9.17, 15) is 4.79 Å². The Bertz CT molecular complexity index is 470. The highest BCUT2D eigenvalue weighted by atomic mass is 16.2. The predicted octanol–water partition coefficient (Wildman–Crippen LogP) is 1.52. The van der Waals surface area contributed by atoms with E-state index in [0.29, 0.717) is 24.9 Å². The molecule has 0 saturated heterocycles. The zero-order chi connectivity index (χ0) is 13.9. The molecule has 5 nitrogen and oxygen atoms in total. The number of aromatic nitrogens is 2. The number of amides is 1. The summed E-state index contributed by atoms with van der Waals surface area (Å²) in [7, 11) is 0. The highest BCUT2D eigenvalue weighted by Crippen LogP contribution is 2.27. The summed E-state index contributed by atoms with van der Waals surface area (Å²) in [6, 6.07) is 0.353. The second-order valence-electron chi connectivity index (χ2n) is 6.18. The van der Waals surface area contributed by atoms with Gasteiger partial charge in [0, 0.05) is 37.9 Å². The van der Waals surface area contributed by atoms with Crippen LogP contribution in [-0.2, 0) is 17.9 Å². The summed E-state index contributed by atoms with van der Waals surface area (Å²) >= 11 is 0. The molecule has 2 heterocycles. The fourth-order valence-corrected chi connectivity index (χ4v) is 3.47. The lowest BCUT2D eigenvalue weighted by Crippen LogP contribution is -2.38. The zero-order valence-corrected chi connectivity index (χ0v) is 12.0. The van der Waals surface area contributed by atoms with E-state index < -0.39 is 0 Å². The largest absolute Gasteiger partial charge is 0.333 e. The first-order valence-corrected chi connectivity index (χ1v) is 7.76. The van der Waals surface area contributed by atoms with Gasteiger partial charge in [-0.2, -0.15) is 0 Å². The van der Waals surface area contributed by atoms with E-state index in [1.807, 2.05) is 17.3 Å². The Labute approximate surface area is 120 Å². The van der Waals surface area contributed by atoms with E-state index in [0.717, 1.165) is 38.2 Å². The number of hydrogen-bond donors (Lipinski definition) is 1. The van der Waals surface area contributed by atoms with Gasteiger partial charge in [0.15, 0.2) is 0 Å². The molecule has 1 aromatic rings. The van der Waals surface area contributed by atoms with Gasteiger partial charge in [0.05, 0.1) is 6.54 Å². The summed E-state index contributed by atoms with van der Waals surface area (Å²) in [5.41, 5.74) is 6.01. The van der Waals surface area contributed by atoms with Crippen molar-refractivity contribution in [3.05, 3.63) is 18.2 Å². The van der Waals surface area contributed by atoms with Gasteiger partial charge in [-0.05, 0) is 25.2 Å². The number of rotatable bonds is 3. The molecule has 2 aliphatic rings. The minimum Gasteiger partial charge on any atom is -0.333 e. The van der Waals surface area contributed by atoms with Crippen LogP contribution < -0.4 is 5.73 Å². The third-order valence-electron chi connectivity index (χ3n) is 4.69. The number of imidazole rings is 1. The quantitative estimate of drug-likeness (QED) is 0.910. The van der Waals surface area contributed by atoms with Crippen molar-refractivity contribution in [1.82, 2.24) is 14.5 Å². The molecule has 20 heavy (non-hydrogen) atoms. The SMILES string of the molecule is NC1CCCC(CCC(=O)N2CCn3ccnc3C2)C1. The molecule has 2 atom stereocenters. The van der Waals surface area contributed by atoms with E-state index in [-0.39, 0.29) is 5.91 Å². The number of carbonyl (C=O) groups excluding carboxylic acids is 1. The van der Waals surface area contributed by atoms with Crippen molar-refractivity contribution in [2.75, 3.05) is 6.54 Å². The summed E-state index contributed by atoms with van der Waals surface area (Å²) in [6.45, 7) is 2.35. The maximum absolute atomic E-state index is 12.3. The molecule has 1 amide bonds. The highest BCUT2D eigenvalue weighted by molar-refractivity contribution is 5.76. The Kier molecular flexibility index (Phi) is 4.05. The fraction of sp³-hybridized carbons (Fsp3) is 0.733. The van der Waals surface area contributed by atoms with Crippen LogP contribution in [-0.4, -0.2) is 32.9 Å². The second-order valence-corrected chi connectivity index (χ2v) is 6.18. The van der Waals surface area contributed by atoms with Crippen molar-refractivity contribution >= 4 is 5.91 Å². The molecule has 0 bridgehead atoms. The first-order chi connectivity index (χ1) is 9.72. The van der Waals surface area contributed by atoms with Gasteiger partial charge >= 0.3 is 0 Å². The molecule has 0 spiro atoms. The number of carbonyl (C=O) groups is 1. The molecule has 2 unspecified atom stereocenters. The van der Waals surface area contributed by atoms with Crippen LogP contribution in [0.2, 0.25) is 0 Å². The van der Waals surface area contributed by atoms with Gasteiger partial charge in [-0.25, -0.2) is 4.98 Å². The van der Waals surface area contributed by atoms with E-state index in [2.05, 4.69) is 9.55 Å². The number of fused-ring (bicyclic) bond motifs is 1. The normalized spacial score (nSPS) is 26.4. The second kappa shape index (κ2) is 5.95. The average molecular weight is 276 g/mol. The van der Waals surface area contributed by atoms with E-state index in [1.54, 1.807) is 0 Å². The molecule has 1 aliphatic carbocycles. The summed E-state index contributed by atoms with van der Waals surface area (Å²) < 4.78 is 2.13. The van der Waals surface area contributed by atoms with Crippen molar-refractivity contribution in [1.29, 1.82) is 0 Å². The van der Waals surface area contributed by atoms with E-state index in [4.69, 9.17) is 5.73 Å². The maximum atomic E-state index is 12.3. The van der Waals surface area contributed by atoms with Crippen LogP contribution in [0.25, 0.3) is 0 Å². The highest BCUT2D eigenvalue weighted by Gasteiger charge is 2.24. The van der Waals surface area contributed by atoms with Gasteiger partial charge in [-0.15, -0.1) is 0 Å². The molecule has 110 valence electrons. The number of nitrogens with two attached hydrogens (primary N) is 1. The summed E-state index contributed by atoms with van der Waals surface area (Å²) in [4.78, 5) is 18.6. The van der Waals surface area contributed by atoms with Crippen LogP contribution in [0.5, 0.6) is 0 Å². The molecule has 0 aromatic carbocycles. The van der Waals surface area contributed by atoms with Crippen molar-refractivity contribution < 1.29 is 4.79 Å². The monoisotopic (exact) mass is 276 g/mol. The molecule has 1 aliphatic heterocycles. The maximum Gasteiger partial charge on any atom is 0.223 e. The molecule has 3 rings (SSSR count). The molecule has 0 radical (unpaired) electrons. The van der Waals surface area contributed by atoms with Gasteiger partial charge in [-0.1, -0.05) is 12.8 Å². The molecule has 1 aromatic heterocycles. The summed E-state index contributed by atoms with van der Waals surface area (Å²) in [5.74, 6) is 1.93. The molecule has 1 saturated carbocycles. The molecular formula is C15H24N4O. The molecule has 1 fully saturated rings. The lowest BCUT2D eigenvalue weighted by atomic mass is 9.83. The Morgan fingerprint density at radius 2 is 2.30 bits per heavy atom. The lowest BCUT2D eigenvalue weighted by molar-refractivity contribution is -0.133. The standard InChI is InChI=1S/C15H24N4O/c16-13-3-1-2-12(10-13)4-5-15(20)19-9-8-18-7-6-17-14(18)11-19/h6-7,12-13H,1-5,8-11,16H2. The van der Waals surface area contributed by atoms with Gasteiger partial charge in [0.2, 0.25) is 5.91 Å². The van der Waals surface area contributed by atoms with Crippen LogP contribution in [0, 0.1) is 5.92 Å². The minimum atomic E-state index is 0.276. The zero-order valence-electron chi connectivity index (χ0n) is 12.0. The van der Waals surface area contributed by atoms with Gasteiger partial charge in [-0.3, -0.25) is 4.79 Å². The van der Waals surface area contributed by atoms with Crippen molar-refractivity contribution in [3.8, 4) is 0 Å². The number of hydrogen-bond acceptors (Lipinski definition) is 3. The molecule has 5 heteroatoms. The Balaban J connectivity index is 1.48. The van der Waals surface area contributed by atoms with Crippen LogP contribution in [0.3, 0.4) is 0 Å². The first-order valence-electron chi connectivity index (χ1n) is 7.76. The van der Waals surface area contributed by atoms with Crippen LogP contribution in [0.15, 0.2) is 12.4 Å². The summed E-state index contributed by atoms with van der Waals surface area (Å²) in [6.07, 6.45) is 10.2. The Morgan fingerprint density at radius 3 is 3.15 bits per heavy atom. The Morgan fingerprint density at radius 1 is 1.40 bits per heavy atom. The number of nitrogens with zero attached hydrogens (tertiary/aromatic N) is 3. The van der Waals surface area contributed by atoms with E-state index >= 15 is 0 Å². The average Bonchev–Trinajstić information content (AvgIpc) is 2.92. The third kappa shape index (κ3) is 3.03. The Hall–Kier alpha value is -1.36. The lowest BCUT2D eigenvalue weighted by Gasteiger charge is -2.30. The summed E-state index contributed by atoms with van der Waals surface area (Å²) in [5, 5.41) is 0. The van der Waals surface area contributed by atoms with Gasteiger partial charge in [0.1, 0.15) is 5.82 Å². The molecular weight excluding hydrogens is 252 g/mol. The third-order valence-corrected chi connectivity index (χ3v) is 4.69. The van der Waals surface area contributed by atoms with Crippen molar-refractivity contribution in [3.63, 3.8) is 0 Å². The first kappa shape index (κ1) is 13.6. The minimum absolute atomic E-state index is 0.276. The van der Waals surface area contributed by atoms with Crippen LogP contribution >= 0.6 is 0 Å². The topological polar surface area (TPSA) is 64.2 Å².